The molecule has 108 valence electrons. The van der Waals surface area contributed by atoms with Gasteiger partial charge in [-0.25, -0.2) is 0 Å². The third-order valence-corrected chi connectivity index (χ3v) is 5.02. The first-order valence-corrected chi connectivity index (χ1v) is 7.95. The molecule has 0 aromatic carbocycles. The highest BCUT2D eigenvalue weighted by Crippen LogP contribution is 2.51. The van der Waals surface area contributed by atoms with Gasteiger partial charge in [0.1, 0.15) is 0 Å². The zero-order valence-electron chi connectivity index (χ0n) is 13.0. The molecule has 2 heteroatoms. The second kappa shape index (κ2) is 6.11. The van der Waals surface area contributed by atoms with Crippen molar-refractivity contribution < 1.29 is 4.79 Å². The summed E-state index contributed by atoms with van der Waals surface area (Å²) in [6.07, 6.45) is 7.52. The summed E-state index contributed by atoms with van der Waals surface area (Å²) in [5.74, 6) is 3.50. The Morgan fingerprint density at radius 2 is 2.16 bits per heavy atom. The van der Waals surface area contributed by atoms with Crippen molar-refractivity contribution in [3.63, 3.8) is 0 Å². The molecule has 4 unspecified atom stereocenters. The van der Waals surface area contributed by atoms with E-state index >= 15 is 0 Å². The quantitative estimate of drug-likeness (QED) is 0.689. The van der Waals surface area contributed by atoms with E-state index < -0.39 is 0 Å². The Labute approximate surface area is 118 Å². The van der Waals surface area contributed by atoms with Crippen LogP contribution in [0.25, 0.3) is 0 Å². The topological polar surface area (TPSA) is 20.3 Å². The first kappa shape index (κ1) is 14.6. The van der Waals surface area contributed by atoms with Gasteiger partial charge in [0.15, 0.2) is 0 Å². The Morgan fingerprint density at radius 3 is 2.74 bits per heavy atom. The molecule has 0 radical (unpaired) electrons. The Balaban J connectivity index is 1.85. The molecule has 0 bridgehead atoms. The summed E-state index contributed by atoms with van der Waals surface area (Å²) < 4.78 is 0. The summed E-state index contributed by atoms with van der Waals surface area (Å²) in [7, 11) is 0. The normalized spacial score (nSPS) is 33.8. The van der Waals surface area contributed by atoms with Crippen molar-refractivity contribution in [2.24, 2.45) is 23.7 Å². The molecule has 4 atom stereocenters. The Morgan fingerprint density at radius 1 is 1.42 bits per heavy atom. The minimum Gasteiger partial charge on any atom is -0.343 e. The number of allylic oxidation sites excluding steroid dienone is 2. The van der Waals surface area contributed by atoms with Crippen LogP contribution in [-0.2, 0) is 4.79 Å². The molecule has 1 saturated carbocycles. The maximum Gasteiger partial charge on any atom is 0.219 e. The molecule has 1 amide bonds. The fourth-order valence-electron chi connectivity index (χ4n) is 3.85. The average Bonchev–Trinajstić information content (AvgIpc) is 3.07. The molecule has 0 aromatic rings. The summed E-state index contributed by atoms with van der Waals surface area (Å²) in [4.78, 5) is 13.7. The standard InChI is InChI=1S/C17H29NO/c1-5-8-18(14(4)19)11-15-10-17(15)16-7-6-12(2)9-13(16)3/h9,13,15-17H,5-8,10-11H2,1-4H3. The summed E-state index contributed by atoms with van der Waals surface area (Å²) in [6, 6.07) is 0. The van der Waals surface area contributed by atoms with E-state index in [-0.39, 0.29) is 5.91 Å². The van der Waals surface area contributed by atoms with E-state index in [0.717, 1.165) is 43.2 Å². The molecule has 0 aliphatic heterocycles. The minimum atomic E-state index is 0.250. The largest absolute Gasteiger partial charge is 0.343 e. The van der Waals surface area contributed by atoms with Gasteiger partial charge in [-0.15, -0.1) is 0 Å². The average molecular weight is 263 g/mol. The summed E-state index contributed by atoms with van der Waals surface area (Å²) in [6.45, 7) is 10.4. The molecule has 19 heavy (non-hydrogen) atoms. The van der Waals surface area contributed by atoms with Gasteiger partial charge >= 0.3 is 0 Å². The number of hydrogen-bond acceptors (Lipinski definition) is 1. The van der Waals surface area contributed by atoms with Crippen molar-refractivity contribution in [2.75, 3.05) is 13.1 Å². The van der Waals surface area contributed by atoms with Crippen LogP contribution in [0.2, 0.25) is 0 Å². The summed E-state index contributed by atoms with van der Waals surface area (Å²) >= 11 is 0. The summed E-state index contributed by atoms with van der Waals surface area (Å²) in [5, 5.41) is 0. The van der Waals surface area contributed by atoms with E-state index in [2.05, 4.69) is 31.7 Å². The van der Waals surface area contributed by atoms with Crippen molar-refractivity contribution in [2.45, 2.75) is 53.4 Å². The molecule has 0 spiro atoms. The molecule has 2 nitrogen and oxygen atoms in total. The highest BCUT2D eigenvalue weighted by atomic mass is 16.2. The molecule has 2 aliphatic carbocycles. The molecule has 0 heterocycles. The third-order valence-electron chi connectivity index (χ3n) is 5.02. The lowest BCUT2D eigenvalue weighted by atomic mass is 9.78. The van der Waals surface area contributed by atoms with Crippen molar-refractivity contribution in [3.05, 3.63) is 11.6 Å². The van der Waals surface area contributed by atoms with E-state index in [0.29, 0.717) is 0 Å². The minimum absolute atomic E-state index is 0.250. The Kier molecular flexibility index (Phi) is 4.70. The lowest BCUT2D eigenvalue weighted by Crippen LogP contribution is -2.32. The van der Waals surface area contributed by atoms with Crippen molar-refractivity contribution in [3.8, 4) is 0 Å². The lowest BCUT2D eigenvalue weighted by molar-refractivity contribution is -0.129. The second-order valence-corrected chi connectivity index (χ2v) is 6.70. The number of amides is 1. The van der Waals surface area contributed by atoms with Crippen LogP contribution in [0.1, 0.15) is 53.4 Å². The zero-order chi connectivity index (χ0) is 14.0. The van der Waals surface area contributed by atoms with Gasteiger partial charge in [0.2, 0.25) is 5.91 Å². The molecule has 0 saturated heterocycles. The maximum absolute atomic E-state index is 11.6. The molecule has 0 aromatic heterocycles. The molecular formula is C17H29NO. The van der Waals surface area contributed by atoms with Gasteiger partial charge < -0.3 is 4.90 Å². The van der Waals surface area contributed by atoms with Crippen molar-refractivity contribution in [1.29, 1.82) is 0 Å². The zero-order valence-corrected chi connectivity index (χ0v) is 13.0. The molecule has 2 rings (SSSR count). The fraction of sp³-hybridized carbons (Fsp3) is 0.824. The monoisotopic (exact) mass is 263 g/mol. The van der Waals surface area contributed by atoms with Crippen molar-refractivity contribution >= 4 is 5.91 Å². The predicted octanol–water partition coefficient (Wildman–Crippen LogP) is 3.87. The van der Waals surface area contributed by atoms with Gasteiger partial charge in [0, 0.05) is 20.0 Å². The summed E-state index contributed by atoms with van der Waals surface area (Å²) in [5.41, 5.74) is 1.57. The molecule has 0 N–H and O–H groups in total. The lowest BCUT2D eigenvalue weighted by Gasteiger charge is -2.28. The van der Waals surface area contributed by atoms with Crippen LogP contribution < -0.4 is 0 Å². The number of carbonyl (C=O) groups is 1. The van der Waals surface area contributed by atoms with E-state index in [1.807, 2.05) is 0 Å². The third kappa shape index (κ3) is 3.61. The van der Waals surface area contributed by atoms with E-state index in [1.54, 1.807) is 12.5 Å². The molecule has 1 fully saturated rings. The number of nitrogens with zero attached hydrogens (tertiary/aromatic N) is 1. The molecule has 2 aliphatic rings. The second-order valence-electron chi connectivity index (χ2n) is 6.70. The van der Waals surface area contributed by atoms with Crippen LogP contribution in [0.5, 0.6) is 0 Å². The van der Waals surface area contributed by atoms with Crippen LogP contribution >= 0.6 is 0 Å². The number of rotatable bonds is 5. The van der Waals surface area contributed by atoms with Gasteiger partial charge in [-0.05, 0) is 56.3 Å². The van der Waals surface area contributed by atoms with Crippen LogP contribution in [0.4, 0.5) is 0 Å². The van der Waals surface area contributed by atoms with Crippen LogP contribution in [0.15, 0.2) is 11.6 Å². The van der Waals surface area contributed by atoms with E-state index in [4.69, 9.17) is 0 Å². The van der Waals surface area contributed by atoms with Gasteiger partial charge in [-0.2, -0.15) is 0 Å². The SMILES string of the molecule is CCCN(CC1CC1C1CCC(C)=CC1C)C(C)=O. The fourth-order valence-corrected chi connectivity index (χ4v) is 3.85. The van der Waals surface area contributed by atoms with Crippen LogP contribution in [0, 0.1) is 23.7 Å². The maximum atomic E-state index is 11.6. The van der Waals surface area contributed by atoms with Crippen LogP contribution in [0.3, 0.4) is 0 Å². The van der Waals surface area contributed by atoms with Gasteiger partial charge in [0.05, 0.1) is 0 Å². The van der Waals surface area contributed by atoms with Crippen molar-refractivity contribution in [1.82, 2.24) is 4.90 Å². The highest BCUT2D eigenvalue weighted by Gasteiger charge is 2.45. The van der Waals surface area contributed by atoms with E-state index in [1.165, 1.54) is 19.3 Å². The van der Waals surface area contributed by atoms with Gasteiger partial charge in [-0.1, -0.05) is 25.5 Å². The Hall–Kier alpha value is -0.790. The van der Waals surface area contributed by atoms with Gasteiger partial charge in [0.25, 0.3) is 0 Å². The Bertz CT molecular complexity index is 360. The van der Waals surface area contributed by atoms with E-state index in [9.17, 15) is 4.79 Å². The van der Waals surface area contributed by atoms with Gasteiger partial charge in [-0.3, -0.25) is 4.79 Å². The van der Waals surface area contributed by atoms with Crippen LogP contribution in [-0.4, -0.2) is 23.9 Å². The number of hydrogen-bond donors (Lipinski definition) is 0. The number of carbonyl (C=O) groups excluding carboxylic acids is 1. The first-order valence-electron chi connectivity index (χ1n) is 7.95. The first-order chi connectivity index (χ1) is 9.02. The molecular weight excluding hydrogens is 234 g/mol. The highest BCUT2D eigenvalue weighted by molar-refractivity contribution is 5.73. The smallest absolute Gasteiger partial charge is 0.219 e. The predicted molar refractivity (Wildman–Crippen MR) is 79.8 cm³/mol.